The number of ether oxygens (including phenoxy) is 2. The molecule has 128 valence electrons. The summed E-state index contributed by atoms with van der Waals surface area (Å²) < 4.78 is 11.3. The van der Waals surface area contributed by atoms with Crippen molar-refractivity contribution in [2.45, 2.75) is 65.7 Å². The van der Waals surface area contributed by atoms with Crippen molar-refractivity contribution in [3.05, 3.63) is 23.3 Å². The van der Waals surface area contributed by atoms with Crippen LogP contribution in [0.15, 0.2) is 12.1 Å². The summed E-state index contributed by atoms with van der Waals surface area (Å²) in [4.78, 5) is 14.0. The van der Waals surface area contributed by atoms with Crippen LogP contribution < -0.4 is 10.5 Å². The Balaban J connectivity index is 2.16. The first kappa shape index (κ1) is 17.4. The second-order valence-corrected chi connectivity index (χ2v) is 7.15. The molecule has 1 aliphatic heterocycles. The highest BCUT2D eigenvalue weighted by Crippen LogP contribution is 2.31. The van der Waals surface area contributed by atoms with Crippen LogP contribution in [0.5, 0.6) is 5.75 Å². The standard InChI is InChI=1S/C18H28N2O3/c1-6-12(2)22-16-10-14-11-20(17(21)23-18(3,4)5)8-7-13(14)9-15(16)19/h9-10,12H,6-8,11,19H2,1-5H3. The molecule has 1 aliphatic rings. The highest BCUT2D eigenvalue weighted by Gasteiger charge is 2.26. The van der Waals surface area contributed by atoms with Crippen LogP contribution in [0, 0.1) is 0 Å². The molecule has 1 amide bonds. The molecule has 1 unspecified atom stereocenters. The SMILES string of the molecule is CCC(C)Oc1cc2c(cc1N)CCN(C(=O)OC(C)(C)C)C2. The first-order chi connectivity index (χ1) is 10.7. The van der Waals surface area contributed by atoms with Crippen molar-refractivity contribution in [3.63, 3.8) is 0 Å². The van der Waals surface area contributed by atoms with Crippen LogP contribution in [0.25, 0.3) is 0 Å². The van der Waals surface area contributed by atoms with Crippen molar-refractivity contribution in [1.82, 2.24) is 4.90 Å². The average molecular weight is 320 g/mol. The van der Waals surface area contributed by atoms with E-state index in [0.29, 0.717) is 24.5 Å². The number of amides is 1. The number of carbonyl (C=O) groups is 1. The molecular formula is C18H28N2O3. The summed E-state index contributed by atoms with van der Waals surface area (Å²) in [5.74, 6) is 0.698. The van der Waals surface area contributed by atoms with E-state index >= 15 is 0 Å². The van der Waals surface area contributed by atoms with Crippen molar-refractivity contribution >= 4 is 11.8 Å². The summed E-state index contributed by atoms with van der Waals surface area (Å²) in [6.45, 7) is 10.9. The number of hydrogen-bond donors (Lipinski definition) is 1. The van der Waals surface area contributed by atoms with Gasteiger partial charge >= 0.3 is 6.09 Å². The van der Waals surface area contributed by atoms with E-state index in [2.05, 4.69) is 6.92 Å². The van der Waals surface area contributed by atoms with Crippen LogP contribution in [0.2, 0.25) is 0 Å². The predicted molar refractivity (Wildman–Crippen MR) is 91.6 cm³/mol. The summed E-state index contributed by atoms with van der Waals surface area (Å²) in [6, 6.07) is 3.94. The number of hydrogen-bond acceptors (Lipinski definition) is 4. The van der Waals surface area contributed by atoms with E-state index in [9.17, 15) is 4.79 Å². The van der Waals surface area contributed by atoms with Crippen LogP contribution in [0.3, 0.4) is 0 Å². The Bertz CT molecular complexity index is 578. The van der Waals surface area contributed by atoms with Gasteiger partial charge < -0.3 is 20.1 Å². The van der Waals surface area contributed by atoms with Crippen LogP contribution in [-0.4, -0.2) is 29.2 Å². The summed E-state index contributed by atoms with van der Waals surface area (Å²) in [6.07, 6.45) is 1.54. The zero-order valence-corrected chi connectivity index (χ0v) is 14.8. The Morgan fingerprint density at radius 1 is 1.35 bits per heavy atom. The van der Waals surface area contributed by atoms with Gasteiger partial charge in [-0.2, -0.15) is 0 Å². The molecule has 2 N–H and O–H groups in total. The first-order valence-electron chi connectivity index (χ1n) is 8.25. The first-order valence-corrected chi connectivity index (χ1v) is 8.25. The molecular weight excluding hydrogens is 292 g/mol. The molecule has 0 spiro atoms. The molecule has 1 aromatic rings. The lowest BCUT2D eigenvalue weighted by Gasteiger charge is -2.31. The van der Waals surface area contributed by atoms with Crippen LogP contribution in [0.4, 0.5) is 10.5 Å². The van der Waals surface area contributed by atoms with Gasteiger partial charge in [0.25, 0.3) is 0 Å². The van der Waals surface area contributed by atoms with Gasteiger partial charge in [-0.1, -0.05) is 6.92 Å². The molecule has 1 atom stereocenters. The van der Waals surface area contributed by atoms with Crippen LogP contribution in [0.1, 0.15) is 52.2 Å². The van der Waals surface area contributed by atoms with Gasteiger partial charge in [0.2, 0.25) is 0 Å². The highest BCUT2D eigenvalue weighted by molar-refractivity contribution is 5.69. The summed E-state index contributed by atoms with van der Waals surface area (Å²) in [7, 11) is 0. The zero-order valence-electron chi connectivity index (χ0n) is 14.8. The molecule has 23 heavy (non-hydrogen) atoms. The lowest BCUT2D eigenvalue weighted by molar-refractivity contribution is 0.0223. The molecule has 0 saturated carbocycles. The number of nitrogens with zero attached hydrogens (tertiary/aromatic N) is 1. The highest BCUT2D eigenvalue weighted by atomic mass is 16.6. The second-order valence-electron chi connectivity index (χ2n) is 7.15. The predicted octanol–water partition coefficient (Wildman–Crippen LogP) is 3.74. The van der Waals surface area contributed by atoms with Gasteiger partial charge in [0.1, 0.15) is 11.4 Å². The van der Waals surface area contributed by atoms with Crippen molar-refractivity contribution in [3.8, 4) is 5.75 Å². The maximum atomic E-state index is 12.2. The van der Waals surface area contributed by atoms with Gasteiger partial charge in [-0.3, -0.25) is 0 Å². The Morgan fingerprint density at radius 2 is 2.04 bits per heavy atom. The minimum Gasteiger partial charge on any atom is -0.489 e. The Kier molecular flexibility index (Phi) is 5.07. The number of benzene rings is 1. The molecule has 2 rings (SSSR count). The fourth-order valence-corrected chi connectivity index (χ4v) is 2.49. The average Bonchev–Trinajstić information content (AvgIpc) is 2.45. The van der Waals surface area contributed by atoms with Gasteiger partial charge in [0.15, 0.2) is 0 Å². The van der Waals surface area contributed by atoms with E-state index in [-0.39, 0.29) is 12.2 Å². The molecule has 0 aromatic heterocycles. The van der Waals surface area contributed by atoms with E-state index < -0.39 is 5.60 Å². The molecule has 0 bridgehead atoms. The number of rotatable bonds is 3. The Morgan fingerprint density at radius 3 is 2.65 bits per heavy atom. The van der Waals surface area contributed by atoms with Crippen molar-refractivity contribution in [2.24, 2.45) is 0 Å². The van der Waals surface area contributed by atoms with Gasteiger partial charge in [-0.25, -0.2) is 4.79 Å². The summed E-state index contributed by atoms with van der Waals surface area (Å²) >= 11 is 0. The van der Waals surface area contributed by atoms with E-state index in [0.717, 1.165) is 18.4 Å². The Labute approximate surface area is 138 Å². The number of carbonyl (C=O) groups excluding carboxylic acids is 1. The molecule has 0 fully saturated rings. The van der Waals surface area contributed by atoms with E-state index in [1.165, 1.54) is 5.56 Å². The third-order valence-electron chi connectivity index (χ3n) is 3.90. The van der Waals surface area contributed by atoms with Crippen LogP contribution >= 0.6 is 0 Å². The maximum Gasteiger partial charge on any atom is 0.410 e. The molecule has 0 saturated heterocycles. The largest absolute Gasteiger partial charge is 0.489 e. The number of nitrogen functional groups attached to an aromatic ring is 1. The Hall–Kier alpha value is -1.91. The molecule has 5 heteroatoms. The van der Waals surface area contributed by atoms with Gasteiger partial charge in [-0.15, -0.1) is 0 Å². The minimum absolute atomic E-state index is 0.112. The van der Waals surface area contributed by atoms with Crippen molar-refractivity contribution in [2.75, 3.05) is 12.3 Å². The van der Waals surface area contributed by atoms with Crippen LogP contribution in [-0.2, 0) is 17.7 Å². The summed E-state index contributed by atoms with van der Waals surface area (Å²) in [5, 5.41) is 0. The monoisotopic (exact) mass is 320 g/mol. The van der Waals surface area contributed by atoms with Crippen molar-refractivity contribution in [1.29, 1.82) is 0 Å². The minimum atomic E-state index is -0.483. The maximum absolute atomic E-state index is 12.2. The molecule has 5 nitrogen and oxygen atoms in total. The zero-order chi connectivity index (χ0) is 17.2. The number of anilines is 1. The quantitative estimate of drug-likeness (QED) is 0.862. The molecule has 0 aliphatic carbocycles. The third kappa shape index (κ3) is 4.53. The number of nitrogens with two attached hydrogens (primary N) is 1. The molecule has 1 aromatic carbocycles. The smallest absolute Gasteiger partial charge is 0.410 e. The van der Waals surface area contributed by atoms with Gasteiger partial charge in [0.05, 0.1) is 11.8 Å². The number of fused-ring (bicyclic) bond motifs is 1. The fraction of sp³-hybridized carbons (Fsp3) is 0.611. The lowest BCUT2D eigenvalue weighted by Crippen LogP contribution is -2.39. The van der Waals surface area contributed by atoms with Crippen molar-refractivity contribution < 1.29 is 14.3 Å². The lowest BCUT2D eigenvalue weighted by atomic mass is 9.98. The normalized spacial score (nSPS) is 15.8. The molecule has 1 heterocycles. The van der Waals surface area contributed by atoms with Gasteiger partial charge in [-0.05, 0) is 63.8 Å². The van der Waals surface area contributed by atoms with E-state index in [1.54, 1.807) is 4.90 Å². The second kappa shape index (κ2) is 6.69. The topological polar surface area (TPSA) is 64.8 Å². The summed E-state index contributed by atoms with van der Waals surface area (Å²) in [5.41, 5.74) is 8.53. The molecule has 0 radical (unpaired) electrons. The third-order valence-corrected chi connectivity index (χ3v) is 3.90. The van der Waals surface area contributed by atoms with Gasteiger partial charge in [0, 0.05) is 13.1 Å². The van der Waals surface area contributed by atoms with E-state index in [4.69, 9.17) is 15.2 Å². The fourth-order valence-electron chi connectivity index (χ4n) is 2.49. The van der Waals surface area contributed by atoms with E-state index in [1.807, 2.05) is 39.8 Å².